The number of piperazine rings is 1. The van der Waals surface area contributed by atoms with Gasteiger partial charge in [0.2, 0.25) is 0 Å². The van der Waals surface area contributed by atoms with Crippen molar-refractivity contribution < 1.29 is 9.52 Å². The lowest BCUT2D eigenvalue weighted by Crippen LogP contribution is -2.51. The Kier molecular flexibility index (Phi) is 6.77. The summed E-state index contributed by atoms with van der Waals surface area (Å²) in [6.45, 7) is 7.51. The Bertz CT molecular complexity index is 836. The Hall–Kier alpha value is -1.88. The van der Waals surface area contributed by atoms with E-state index >= 15 is 0 Å². The fourth-order valence-corrected chi connectivity index (χ4v) is 5.11. The summed E-state index contributed by atoms with van der Waals surface area (Å²) in [7, 11) is 2.20. The fourth-order valence-electron chi connectivity index (χ4n) is 5.11. The van der Waals surface area contributed by atoms with Gasteiger partial charge in [-0.2, -0.15) is 0 Å². The minimum atomic E-state index is -0.848. The molecule has 2 fully saturated rings. The molecule has 4 rings (SSSR count). The van der Waals surface area contributed by atoms with E-state index in [1.165, 1.54) is 17.5 Å². The molecule has 1 N–H and O–H groups in total. The van der Waals surface area contributed by atoms with Crippen molar-refractivity contribution in [3.8, 4) is 0 Å². The number of furan rings is 1. The minimum Gasteiger partial charge on any atom is -0.465 e. The molecular formula is C26H36N2O2. The second kappa shape index (κ2) is 9.51. The normalized spacial score (nSPS) is 28.0. The molecule has 0 radical (unpaired) electrons. The van der Waals surface area contributed by atoms with Gasteiger partial charge in [-0.25, -0.2) is 0 Å². The SMILES string of the molecule is Cc1ccccc1CC1(O)/C(=C\c2ccco2)CCCCC1CN1CCN(C)CC1. The van der Waals surface area contributed by atoms with Gasteiger partial charge in [0.15, 0.2) is 0 Å². The maximum atomic E-state index is 12.4. The molecule has 0 amide bonds. The molecule has 2 unspecified atom stereocenters. The first-order valence-corrected chi connectivity index (χ1v) is 11.5. The topological polar surface area (TPSA) is 39.9 Å². The van der Waals surface area contributed by atoms with Gasteiger partial charge in [0.1, 0.15) is 5.76 Å². The number of aliphatic hydroxyl groups is 1. The summed E-state index contributed by atoms with van der Waals surface area (Å²) in [5.74, 6) is 1.07. The summed E-state index contributed by atoms with van der Waals surface area (Å²) >= 11 is 0. The highest BCUT2D eigenvalue weighted by atomic mass is 16.3. The molecule has 1 saturated heterocycles. The highest BCUT2D eigenvalue weighted by molar-refractivity contribution is 5.51. The van der Waals surface area contributed by atoms with Crippen LogP contribution in [0.5, 0.6) is 0 Å². The third kappa shape index (κ3) is 4.88. The van der Waals surface area contributed by atoms with Crippen LogP contribution in [0.15, 0.2) is 52.7 Å². The van der Waals surface area contributed by atoms with Crippen molar-refractivity contribution in [3.63, 3.8) is 0 Å². The number of rotatable bonds is 5. The first-order chi connectivity index (χ1) is 14.5. The molecule has 1 aromatic carbocycles. The van der Waals surface area contributed by atoms with Gasteiger partial charge in [0.05, 0.1) is 11.9 Å². The molecule has 4 nitrogen and oxygen atoms in total. The second-order valence-corrected chi connectivity index (χ2v) is 9.26. The molecule has 4 heteroatoms. The maximum Gasteiger partial charge on any atom is 0.126 e. The largest absolute Gasteiger partial charge is 0.465 e. The zero-order chi connectivity index (χ0) is 21.0. The average Bonchev–Trinajstić information content (AvgIpc) is 3.20. The molecule has 1 aliphatic heterocycles. The summed E-state index contributed by atoms with van der Waals surface area (Å²) < 4.78 is 5.64. The number of likely N-dealkylation sites (N-methyl/N-ethyl adjacent to an activating group) is 1. The van der Waals surface area contributed by atoms with Crippen molar-refractivity contribution in [1.29, 1.82) is 0 Å². The van der Waals surface area contributed by atoms with Gasteiger partial charge in [-0.3, -0.25) is 0 Å². The highest BCUT2D eigenvalue weighted by Crippen LogP contribution is 2.41. The van der Waals surface area contributed by atoms with E-state index in [4.69, 9.17) is 4.42 Å². The maximum absolute atomic E-state index is 12.4. The van der Waals surface area contributed by atoms with Gasteiger partial charge < -0.3 is 19.3 Å². The van der Waals surface area contributed by atoms with Crippen LogP contribution in [0.2, 0.25) is 0 Å². The number of aryl methyl sites for hydroxylation is 1. The van der Waals surface area contributed by atoms with E-state index in [0.29, 0.717) is 6.42 Å². The molecule has 162 valence electrons. The van der Waals surface area contributed by atoms with Gasteiger partial charge in [-0.05, 0) is 68.1 Å². The van der Waals surface area contributed by atoms with Gasteiger partial charge in [0.25, 0.3) is 0 Å². The molecular weight excluding hydrogens is 372 g/mol. The van der Waals surface area contributed by atoms with Crippen LogP contribution < -0.4 is 0 Å². The average molecular weight is 409 g/mol. The zero-order valence-corrected chi connectivity index (χ0v) is 18.5. The standard InChI is InChI=1S/C26H36N2O2/c1-21-8-3-4-9-22(21)19-26(29)23(18-25-12-7-17-30-25)10-5-6-11-24(26)20-28-15-13-27(2)14-16-28/h3-4,7-9,12,17-18,24,29H,5-6,10-11,13-16,19-20H2,1-2H3/b23-18-. The molecule has 2 aliphatic rings. The third-order valence-corrected chi connectivity index (χ3v) is 7.14. The summed E-state index contributed by atoms with van der Waals surface area (Å²) in [4.78, 5) is 4.95. The Balaban J connectivity index is 1.67. The highest BCUT2D eigenvalue weighted by Gasteiger charge is 2.42. The van der Waals surface area contributed by atoms with E-state index in [0.717, 1.165) is 63.3 Å². The molecule has 1 aliphatic carbocycles. The number of nitrogens with zero attached hydrogens (tertiary/aromatic N) is 2. The van der Waals surface area contributed by atoms with Gasteiger partial charge in [-0.15, -0.1) is 0 Å². The van der Waals surface area contributed by atoms with Crippen molar-refractivity contribution >= 4 is 6.08 Å². The lowest BCUT2D eigenvalue weighted by molar-refractivity contribution is -0.00659. The van der Waals surface area contributed by atoms with Crippen LogP contribution in [0.4, 0.5) is 0 Å². The van der Waals surface area contributed by atoms with E-state index in [9.17, 15) is 5.11 Å². The van der Waals surface area contributed by atoms with Crippen molar-refractivity contribution in [2.75, 3.05) is 39.8 Å². The van der Waals surface area contributed by atoms with E-state index in [1.54, 1.807) is 6.26 Å². The predicted molar refractivity (Wildman–Crippen MR) is 122 cm³/mol. The Morgan fingerprint density at radius 1 is 1.10 bits per heavy atom. The van der Waals surface area contributed by atoms with Crippen LogP contribution in [0, 0.1) is 12.8 Å². The van der Waals surface area contributed by atoms with E-state index in [2.05, 4.69) is 54.1 Å². The van der Waals surface area contributed by atoms with Crippen LogP contribution >= 0.6 is 0 Å². The van der Waals surface area contributed by atoms with Crippen molar-refractivity contribution in [1.82, 2.24) is 9.80 Å². The first kappa shape index (κ1) is 21.4. The molecule has 30 heavy (non-hydrogen) atoms. The summed E-state index contributed by atoms with van der Waals surface area (Å²) in [5.41, 5.74) is 2.79. The van der Waals surface area contributed by atoms with Crippen LogP contribution in [-0.2, 0) is 6.42 Å². The zero-order valence-electron chi connectivity index (χ0n) is 18.5. The molecule has 2 heterocycles. The lowest BCUT2D eigenvalue weighted by Gasteiger charge is -2.42. The van der Waals surface area contributed by atoms with Crippen molar-refractivity contribution in [3.05, 3.63) is 65.1 Å². The quantitative estimate of drug-likeness (QED) is 0.745. The summed E-state index contributed by atoms with van der Waals surface area (Å²) in [6, 6.07) is 12.4. The molecule has 0 spiro atoms. The predicted octanol–water partition coefficient (Wildman–Crippen LogP) is 4.38. The second-order valence-electron chi connectivity index (χ2n) is 9.26. The number of hydrogen-bond acceptors (Lipinski definition) is 4. The molecule has 2 atom stereocenters. The molecule has 1 saturated carbocycles. The van der Waals surface area contributed by atoms with Crippen LogP contribution in [0.25, 0.3) is 6.08 Å². The van der Waals surface area contributed by atoms with Crippen LogP contribution in [0.1, 0.15) is 42.6 Å². The summed E-state index contributed by atoms with van der Waals surface area (Å²) in [5, 5.41) is 12.4. The van der Waals surface area contributed by atoms with E-state index in [1.807, 2.05) is 12.1 Å². The van der Waals surface area contributed by atoms with Crippen LogP contribution in [-0.4, -0.2) is 60.3 Å². The third-order valence-electron chi connectivity index (χ3n) is 7.14. The van der Waals surface area contributed by atoms with Crippen LogP contribution in [0.3, 0.4) is 0 Å². The van der Waals surface area contributed by atoms with Gasteiger partial charge in [-0.1, -0.05) is 30.7 Å². The van der Waals surface area contributed by atoms with E-state index in [-0.39, 0.29) is 5.92 Å². The lowest BCUT2D eigenvalue weighted by atomic mass is 9.74. The number of benzene rings is 1. The fraction of sp³-hybridized carbons (Fsp3) is 0.538. The van der Waals surface area contributed by atoms with Crippen molar-refractivity contribution in [2.24, 2.45) is 5.92 Å². The van der Waals surface area contributed by atoms with Gasteiger partial charge in [0, 0.05) is 45.1 Å². The first-order valence-electron chi connectivity index (χ1n) is 11.5. The molecule has 0 bridgehead atoms. The smallest absolute Gasteiger partial charge is 0.126 e. The Morgan fingerprint density at radius 2 is 1.90 bits per heavy atom. The molecule has 2 aromatic rings. The van der Waals surface area contributed by atoms with Crippen molar-refractivity contribution in [2.45, 2.75) is 44.6 Å². The van der Waals surface area contributed by atoms with Gasteiger partial charge >= 0.3 is 0 Å². The number of hydrogen-bond donors (Lipinski definition) is 1. The Morgan fingerprint density at radius 3 is 2.63 bits per heavy atom. The Labute approximate surface area is 181 Å². The molecule has 1 aromatic heterocycles. The van der Waals surface area contributed by atoms with E-state index < -0.39 is 5.60 Å². The monoisotopic (exact) mass is 408 g/mol. The summed E-state index contributed by atoms with van der Waals surface area (Å²) in [6.07, 6.45) is 8.80. The minimum absolute atomic E-state index is 0.226.